The second kappa shape index (κ2) is 3.72. The molecule has 0 N–H and O–H groups in total. The van der Waals surface area contributed by atoms with Crippen molar-refractivity contribution in [3.8, 4) is 0 Å². The fraction of sp³-hybridized carbons (Fsp3) is 0.684. The highest BCUT2D eigenvalue weighted by Gasteiger charge is 3.38. The van der Waals surface area contributed by atoms with Gasteiger partial charge in [-0.3, -0.25) is 0 Å². The molecule has 0 radical (unpaired) electrons. The van der Waals surface area contributed by atoms with Crippen LogP contribution in [0.1, 0.15) is 5.56 Å². The normalized spacial score (nSPS) is 43.9. The summed E-state index contributed by atoms with van der Waals surface area (Å²) < 4.78 is 1.22. The maximum atomic E-state index is 3.64. The van der Waals surface area contributed by atoms with Gasteiger partial charge >= 0.3 is 0 Å². The van der Waals surface area contributed by atoms with Gasteiger partial charge in [-0.15, -0.1) is 0 Å². The molecule has 0 saturated heterocycles. The number of halogens is 1. The highest BCUT2D eigenvalue weighted by molar-refractivity contribution is 9.10. The van der Waals surface area contributed by atoms with Crippen LogP contribution >= 0.6 is 15.9 Å². The fourth-order valence-electron chi connectivity index (χ4n) is 8.47. The molecule has 4 fully saturated rings. The summed E-state index contributed by atoms with van der Waals surface area (Å²) in [7, 11) is -3.64. The molecule has 0 atom stereocenters. The summed E-state index contributed by atoms with van der Waals surface area (Å²) in [5, 5.41) is 2.22. The van der Waals surface area contributed by atoms with Crippen molar-refractivity contribution in [2.75, 3.05) is 0 Å². The zero-order valence-electron chi connectivity index (χ0n) is 16.2. The quantitative estimate of drug-likeness (QED) is 0.459. The smallest absolute Gasteiger partial charge is 0.0525 e. The third-order valence-corrected chi connectivity index (χ3v) is 19.2. The SMILES string of the molecule is C[Si](C)(C)C12C3(c4ccc(Br)cc4)C1([Si](C)(C)C)C32[Si](C)(C)C. The maximum absolute atomic E-state index is 3.64. The predicted octanol–water partition coefficient (Wildman–Crippen LogP) is 6.96. The van der Waals surface area contributed by atoms with Crippen LogP contribution in [0.15, 0.2) is 28.7 Å². The van der Waals surface area contributed by atoms with Gasteiger partial charge in [0.25, 0.3) is 0 Å². The van der Waals surface area contributed by atoms with Crippen molar-refractivity contribution in [1.29, 1.82) is 0 Å². The van der Waals surface area contributed by atoms with Crippen LogP contribution in [-0.4, -0.2) is 24.2 Å². The molecule has 4 aliphatic rings. The standard InChI is InChI=1S/C19H31BrSi3/c1-21(2,3)17-16(14-10-12-15(20)13-11-14)18(17,22(4,5)6)19(16,17)23(7,8)9/h10-13H,1-9H3. The molecule has 4 aliphatic carbocycles. The molecular formula is C19H31BrSi3. The number of benzene rings is 1. The van der Waals surface area contributed by atoms with Crippen LogP contribution in [0, 0.1) is 0 Å². The van der Waals surface area contributed by atoms with E-state index in [1.54, 1.807) is 5.56 Å². The summed E-state index contributed by atoms with van der Waals surface area (Å²) in [6.45, 7) is 24.0. The van der Waals surface area contributed by atoms with Gasteiger partial charge in [-0.2, -0.15) is 0 Å². The van der Waals surface area contributed by atoms with E-state index in [1.165, 1.54) is 4.47 Å². The number of rotatable bonds is 4. The van der Waals surface area contributed by atoms with Crippen molar-refractivity contribution in [3.05, 3.63) is 34.3 Å². The number of hydrogen-bond donors (Lipinski definition) is 0. The summed E-state index contributed by atoms with van der Waals surface area (Å²) in [6, 6.07) is 9.47. The van der Waals surface area contributed by atoms with E-state index in [4.69, 9.17) is 0 Å². The monoisotopic (exact) mass is 422 g/mol. The Bertz CT molecular complexity index is 642. The first-order chi connectivity index (χ1) is 10.2. The Morgan fingerprint density at radius 1 is 0.609 bits per heavy atom. The minimum absolute atomic E-state index is 0.590. The van der Waals surface area contributed by atoms with Crippen LogP contribution in [0.3, 0.4) is 0 Å². The van der Waals surface area contributed by atoms with Crippen molar-refractivity contribution in [2.45, 2.75) is 79.5 Å². The van der Waals surface area contributed by atoms with E-state index in [9.17, 15) is 0 Å². The molecular weight excluding hydrogens is 392 g/mol. The molecule has 0 bridgehead atoms. The van der Waals surface area contributed by atoms with E-state index in [0.717, 1.165) is 15.1 Å². The zero-order valence-corrected chi connectivity index (χ0v) is 20.8. The molecule has 0 amide bonds. The van der Waals surface area contributed by atoms with Crippen LogP contribution in [-0.2, 0) is 5.41 Å². The Balaban J connectivity index is 1.97. The Morgan fingerprint density at radius 3 is 1.17 bits per heavy atom. The highest BCUT2D eigenvalue weighted by atomic mass is 79.9. The number of hydrogen-bond acceptors (Lipinski definition) is 0. The Morgan fingerprint density at radius 2 is 0.913 bits per heavy atom. The second-order valence-electron chi connectivity index (χ2n) is 11.3. The van der Waals surface area contributed by atoms with Crippen LogP contribution in [0.25, 0.3) is 0 Å². The molecule has 0 aromatic heterocycles. The lowest BCUT2D eigenvalue weighted by Crippen LogP contribution is -2.26. The van der Waals surface area contributed by atoms with Crippen LogP contribution in [0.2, 0.25) is 74.0 Å². The summed E-state index contributed by atoms with van der Waals surface area (Å²) in [4.78, 5) is 0. The van der Waals surface area contributed by atoms with Crippen LogP contribution in [0.5, 0.6) is 0 Å². The molecule has 23 heavy (non-hydrogen) atoms. The summed E-state index contributed by atoms with van der Waals surface area (Å²) >= 11 is 3.64. The van der Waals surface area contributed by atoms with E-state index < -0.39 is 24.2 Å². The molecule has 0 heterocycles. The largest absolute Gasteiger partial charge is 0.0691 e. The van der Waals surface area contributed by atoms with Crippen molar-refractivity contribution < 1.29 is 0 Å². The Kier molecular flexibility index (Phi) is 2.72. The topological polar surface area (TPSA) is 0 Å². The maximum Gasteiger partial charge on any atom is 0.0525 e. The molecule has 0 nitrogen and oxygen atoms in total. The first-order valence-electron chi connectivity index (χ1n) is 9.01. The van der Waals surface area contributed by atoms with Gasteiger partial charge in [0.15, 0.2) is 0 Å². The Labute approximate surface area is 153 Å². The fourth-order valence-corrected chi connectivity index (χ4v) is 29.6. The molecule has 1 aromatic rings. The van der Waals surface area contributed by atoms with Crippen molar-refractivity contribution >= 4 is 40.2 Å². The first-order valence-corrected chi connectivity index (χ1v) is 20.3. The zero-order chi connectivity index (χ0) is 17.5. The predicted molar refractivity (Wildman–Crippen MR) is 114 cm³/mol. The minimum Gasteiger partial charge on any atom is -0.0691 e. The van der Waals surface area contributed by atoms with E-state index >= 15 is 0 Å². The third-order valence-electron chi connectivity index (χ3n) is 7.78. The van der Waals surface area contributed by atoms with E-state index in [2.05, 4.69) is 99.1 Å². The molecule has 4 heteroatoms. The molecule has 0 unspecified atom stereocenters. The second-order valence-corrected chi connectivity index (χ2v) is 27.9. The van der Waals surface area contributed by atoms with Gasteiger partial charge in [0, 0.05) is 9.89 Å². The van der Waals surface area contributed by atoms with Gasteiger partial charge in [-0.05, 0) is 32.8 Å². The summed E-state index contributed by atoms with van der Waals surface area (Å²) in [5.74, 6) is 0. The third kappa shape index (κ3) is 1.16. The van der Waals surface area contributed by atoms with E-state index in [-0.39, 0.29) is 0 Å². The van der Waals surface area contributed by atoms with E-state index in [1.807, 2.05) is 0 Å². The lowest BCUT2D eigenvalue weighted by molar-refractivity contribution is 1.08. The van der Waals surface area contributed by atoms with Gasteiger partial charge in [0.05, 0.1) is 24.2 Å². The average molecular weight is 424 g/mol. The van der Waals surface area contributed by atoms with Gasteiger partial charge in [0.1, 0.15) is 0 Å². The van der Waals surface area contributed by atoms with Crippen LogP contribution in [0.4, 0.5) is 0 Å². The van der Waals surface area contributed by atoms with E-state index in [0.29, 0.717) is 5.41 Å². The Hall–Kier alpha value is 0.351. The average Bonchev–Trinajstić information content (AvgIpc) is 3.20. The lowest BCUT2D eigenvalue weighted by atomic mass is 10.1. The molecule has 1 aromatic carbocycles. The summed E-state index contributed by atoms with van der Waals surface area (Å²) in [5.41, 5.74) is 2.28. The van der Waals surface area contributed by atoms with Crippen molar-refractivity contribution in [3.63, 3.8) is 0 Å². The van der Waals surface area contributed by atoms with Crippen molar-refractivity contribution in [1.82, 2.24) is 0 Å². The van der Waals surface area contributed by atoms with Gasteiger partial charge in [-0.25, -0.2) is 0 Å². The molecule has 4 saturated carbocycles. The minimum atomic E-state index is -1.21. The van der Waals surface area contributed by atoms with Gasteiger partial charge < -0.3 is 0 Å². The van der Waals surface area contributed by atoms with Gasteiger partial charge in [-0.1, -0.05) is 87.0 Å². The lowest BCUT2D eigenvalue weighted by Gasteiger charge is -2.20. The van der Waals surface area contributed by atoms with Crippen molar-refractivity contribution in [2.24, 2.45) is 0 Å². The molecule has 126 valence electrons. The molecule has 0 aliphatic heterocycles. The molecule has 5 rings (SSSR count). The summed E-state index contributed by atoms with van der Waals surface area (Å²) in [6.07, 6.45) is 0. The highest BCUT2D eigenvalue weighted by Crippen LogP contribution is 3.49. The first kappa shape index (κ1) is 16.8. The van der Waals surface area contributed by atoms with Crippen LogP contribution < -0.4 is 0 Å². The van der Waals surface area contributed by atoms with Gasteiger partial charge in [0.2, 0.25) is 0 Å². The molecule has 0 spiro atoms.